The fourth-order valence-electron chi connectivity index (χ4n) is 2.49. The molecule has 0 aliphatic heterocycles. The van der Waals surface area contributed by atoms with Crippen LogP contribution in [-0.4, -0.2) is 29.3 Å². The first-order valence-electron chi connectivity index (χ1n) is 9.44. The summed E-state index contributed by atoms with van der Waals surface area (Å²) in [6, 6.07) is 16.6. The smallest absolute Gasteiger partial charge is 0.268 e. The summed E-state index contributed by atoms with van der Waals surface area (Å²) in [5.74, 6) is 0.743. The van der Waals surface area contributed by atoms with Crippen molar-refractivity contribution in [1.82, 2.24) is 10.2 Å². The Kier molecular flexibility index (Phi) is 8.15. The highest BCUT2D eigenvalue weighted by atomic mass is 79.9. The number of para-hydroxylation sites is 1. The molecule has 0 aliphatic carbocycles. The number of amides is 1. The maximum Gasteiger partial charge on any atom is 0.268 e. The van der Waals surface area contributed by atoms with E-state index in [1.807, 2.05) is 49.4 Å². The summed E-state index contributed by atoms with van der Waals surface area (Å²) in [7, 11) is 0. The lowest BCUT2D eigenvalue weighted by Gasteiger charge is -2.11. The molecule has 158 valence electrons. The summed E-state index contributed by atoms with van der Waals surface area (Å²) < 4.78 is 12.4. The van der Waals surface area contributed by atoms with E-state index in [2.05, 4.69) is 31.4 Å². The lowest BCUT2D eigenvalue weighted by molar-refractivity contribution is -0.112. The number of nitriles is 1. The standard InChI is InChI=1S/C22H19BrN4O3S/c1-2-20-26-27-22(31-20)25-21(28)16(14-24)13-15-5-3-4-6-19(15)30-12-11-29-18-9-7-17(23)8-10-18/h3-10,13H,2,11-12H2,1H3,(H,25,27,28)/b16-13-. The van der Waals surface area contributed by atoms with Gasteiger partial charge in [-0.3, -0.25) is 10.1 Å². The third-order valence-corrected chi connectivity index (χ3v) is 5.51. The molecule has 0 atom stereocenters. The maximum absolute atomic E-state index is 12.5. The Labute approximate surface area is 192 Å². The third kappa shape index (κ3) is 6.64. The minimum atomic E-state index is -0.547. The van der Waals surface area contributed by atoms with Gasteiger partial charge in [0.25, 0.3) is 5.91 Å². The topological polar surface area (TPSA) is 97.1 Å². The molecule has 3 aromatic rings. The molecule has 0 fully saturated rings. The zero-order chi connectivity index (χ0) is 22.1. The van der Waals surface area contributed by atoms with Gasteiger partial charge < -0.3 is 9.47 Å². The number of carbonyl (C=O) groups is 1. The van der Waals surface area contributed by atoms with Crippen LogP contribution in [0.25, 0.3) is 6.08 Å². The highest BCUT2D eigenvalue weighted by molar-refractivity contribution is 9.10. The number of carbonyl (C=O) groups excluding carboxylic acids is 1. The van der Waals surface area contributed by atoms with E-state index in [4.69, 9.17) is 9.47 Å². The minimum absolute atomic E-state index is 0.0598. The van der Waals surface area contributed by atoms with E-state index >= 15 is 0 Å². The molecule has 31 heavy (non-hydrogen) atoms. The van der Waals surface area contributed by atoms with Crippen LogP contribution in [0.5, 0.6) is 11.5 Å². The van der Waals surface area contributed by atoms with Gasteiger partial charge in [0.05, 0.1) is 0 Å². The lowest BCUT2D eigenvalue weighted by atomic mass is 10.1. The van der Waals surface area contributed by atoms with Gasteiger partial charge in [-0.1, -0.05) is 52.4 Å². The van der Waals surface area contributed by atoms with Gasteiger partial charge in [-0.2, -0.15) is 5.26 Å². The molecule has 0 spiro atoms. The molecule has 1 aromatic heterocycles. The second-order valence-corrected chi connectivity index (χ2v) is 8.14. The van der Waals surface area contributed by atoms with E-state index in [1.54, 1.807) is 12.1 Å². The molecule has 7 nitrogen and oxygen atoms in total. The lowest BCUT2D eigenvalue weighted by Crippen LogP contribution is -2.13. The summed E-state index contributed by atoms with van der Waals surface area (Å²) >= 11 is 4.66. The van der Waals surface area contributed by atoms with Crippen molar-refractivity contribution in [3.05, 3.63) is 69.1 Å². The average molecular weight is 499 g/mol. The van der Waals surface area contributed by atoms with Gasteiger partial charge >= 0.3 is 0 Å². The number of nitrogens with one attached hydrogen (secondary N) is 1. The van der Waals surface area contributed by atoms with Crippen molar-refractivity contribution in [3.63, 3.8) is 0 Å². The summed E-state index contributed by atoms with van der Waals surface area (Å²) in [4.78, 5) is 12.5. The molecule has 1 heterocycles. The number of hydrogen-bond donors (Lipinski definition) is 1. The first-order chi connectivity index (χ1) is 15.1. The second kappa shape index (κ2) is 11.2. The monoisotopic (exact) mass is 498 g/mol. The van der Waals surface area contributed by atoms with Crippen LogP contribution in [0.1, 0.15) is 17.5 Å². The van der Waals surface area contributed by atoms with Gasteiger partial charge in [0.15, 0.2) is 0 Å². The third-order valence-electron chi connectivity index (χ3n) is 4.00. The minimum Gasteiger partial charge on any atom is -0.490 e. The quantitative estimate of drug-likeness (QED) is 0.257. The SMILES string of the molecule is CCc1nnc(NC(=O)/C(C#N)=C\c2ccccc2OCCOc2ccc(Br)cc2)s1. The highest BCUT2D eigenvalue weighted by Crippen LogP contribution is 2.22. The molecular weight excluding hydrogens is 480 g/mol. The van der Waals surface area contributed by atoms with Crippen LogP contribution in [0.15, 0.2) is 58.6 Å². The zero-order valence-electron chi connectivity index (χ0n) is 16.7. The van der Waals surface area contributed by atoms with Crippen molar-refractivity contribution in [2.24, 2.45) is 0 Å². The fourth-order valence-corrected chi connectivity index (χ4v) is 3.43. The molecule has 3 rings (SSSR count). The van der Waals surface area contributed by atoms with Crippen molar-refractivity contribution in [2.45, 2.75) is 13.3 Å². The number of anilines is 1. The first-order valence-corrected chi connectivity index (χ1v) is 11.1. The Morgan fingerprint density at radius 2 is 1.90 bits per heavy atom. The van der Waals surface area contributed by atoms with Gasteiger partial charge in [-0.25, -0.2) is 0 Å². The molecule has 0 saturated heterocycles. The summed E-state index contributed by atoms with van der Waals surface area (Å²) in [5.41, 5.74) is 0.555. The Bertz CT molecular complexity index is 1110. The molecule has 2 aromatic carbocycles. The Morgan fingerprint density at radius 1 is 1.16 bits per heavy atom. The van der Waals surface area contributed by atoms with Crippen molar-refractivity contribution in [2.75, 3.05) is 18.5 Å². The Hall–Kier alpha value is -3.22. The molecule has 0 aliphatic rings. The van der Waals surface area contributed by atoms with E-state index in [1.165, 1.54) is 17.4 Å². The molecule has 0 saturated carbocycles. The number of ether oxygens (including phenoxy) is 2. The van der Waals surface area contributed by atoms with E-state index < -0.39 is 5.91 Å². The van der Waals surface area contributed by atoms with E-state index in [-0.39, 0.29) is 5.57 Å². The summed E-state index contributed by atoms with van der Waals surface area (Å²) in [6.07, 6.45) is 2.22. The molecular formula is C22H19BrN4O3S. The van der Waals surface area contributed by atoms with E-state index in [9.17, 15) is 10.1 Å². The van der Waals surface area contributed by atoms with Crippen LogP contribution in [0, 0.1) is 11.3 Å². The summed E-state index contributed by atoms with van der Waals surface area (Å²) in [5, 5.41) is 21.1. The molecule has 0 bridgehead atoms. The molecule has 1 N–H and O–H groups in total. The number of benzene rings is 2. The Morgan fingerprint density at radius 3 is 2.61 bits per heavy atom. The summed E-state index contributed by atoms with van der Waals surface area (Å²) in [6.45, 7) is 2.61. The Balaban J connectivity index is 1.63. The van der Waals surface area contributed by atoms with Crippen LogP contribution in [0.3, 0.4) is 0 Å². The predicted molar refractivity (Wildman–Crippen MR) is 123 cm³/mol. The highest BCUT2D eigenvalue weighted by Gasteiger charge is 2.13. The van der Waals surface area contributed by atoms with Crippen LogP contribution in [-0.2, 0) is 11.2 Å². The van der Waals surface area contributed by atoms with Gasteiger partial charge in [0.1, 0.15) is 41.4 Å². The van der Waals surface area contributed by atoms with Crippen LogP contribution >= 0.6 is 27.3 Å². The number of aryl methyl sites for hydroxylation is 1. The van der Waals surface area contributed by atoms with Crippen LogP contribution in [0.4, 0.5) is 5.13 Å². The number of aromatic nitrogens is 2. The van der Waals surface area contributed by atoms with Crippen molar-refractivity contribution in [1.29, 1.82) is 5.26 Å². The molecule has 1 amide bonds. The van der Waals surface area contributed by atoms with Crippen molar-refractivity contribution in [3.8, 4) is 17.6 Å². The predicted octanol–water partition coefficient (Wildman–Crippen LogP) is 4.87. The number of rotatable bonds is 9. The van der Waals surface area contributed by atoms with Gasteiger partial charge in [0.2, 0.25) is 5.13 Å². The normalized spacial score (nSPS) is 10.9. The largest absolute Gasteiger partial charge is 0.490 e. The number of nitrogens with zero attached hydrogens (tertiary/aromatic N) is 3. The van der Waals surface area contributed by atoms with Crippen LogP contribution < -0.4 is 14.8 Å². The van der Waals surface area contributed by atoms with Crippen molar-refractivity contribution < 1.29 is 14.3 Å². The average Bonchev–Trinajstić information content (AvgIpc) is 3.24. The maximum atomic E-state index is 12.5. The first kappa shape index (κ1) is 22.5. The zero-order valence-corrected chi connectivity index (χ0v) is 19.1. The van der Waals surface area contributed by atoms with Gasteiger partial charge in [-0.15, -0.1) is 10.2 Å². The number of halogens is 1. The molecule has 0 unspecified atom stereocenters. The van der Waals surface area contributed by atoms with E-state index in [0.29, 0.717) is 29.7 Å². The molecule has 9 heteroatoms. The van der Waals surface area contributed by atoms with Gasteiger partial charge in [-0.05, 0) is 42.8 Å². The second-order valence-electron chi connectivity index (χ2n) is 6.17. The van der Waals surface area contributed by atoms with Gasteiger partial charge in [0, 0.05) is 10.0 Å². The fraction of sp³-hybridized carbons (Fsp3) is 0.182. The van der Waals surface area contributed by atoms with E-state index in [0.717, 1.165) is 21.7 Å². The van der Waals surface area contributed by atoms with Crippen molar-refractivity contribution >= 4 is 44.4 Å². The number of hydrogen-bond acceptors (Lipinski definition) is 7. The molecule has 0 radical (unpaired) electrons. The van der Waals surface area contributed by atoms with Crippen LogP contribution in [0.2, 0.25) is 0 Å².